The Morgan fingerprint density at radius 1 is 0.519 bits per heavy atom. The quantitative estimate of drug-likeness (QED) is 0.151. The average Bonchev–Trinajstić information content (AvgIpc) is 3.95. The molecule has 0 fully saturated rings. The third-order valence-electron chi connectivity index (χ3n) is 7.78. The highest BCUT2D eigenvalue weighted by atomic mass is 79.9. The van der Waals surface area contributed by atoms with Crippen LogP contribution in [-0.2, 0) is 20.0 Å². The van der Waals surface area contributed by atoms with Gasteiger partial charge in [-0.2, -0.15) is 0 Å². The summed E-state index contributed by atoms with van der Waals surface area (Å²) in [5, 5.41) is 7.41. The third kappa shape index (κ3) is 7.32. The number of ether oxygens (including phenoxy) is 4. The fourth-order valence-corrected chi connectivity index (χ4v) is 7.75. The predicted octanol–water partition coefficient (Wildman–Crippen LogP) is 7.88. The molecule has 8 rings (SSSR count). The number of rotatable bonds is 8. The molecule has 52 heavy (non-hydrogen) atoms. The summed E-state index contributed by atoms with van der Waals surface area (Å²) in [6.07, 6.45) is 0. The van der Waals surface area contributed by atoms with Crippen molar-refractivity contribution in [1.82, 2.24) is 10.3 Å². The van der Waals surface area contributed by atoms with Crippen molar-refractivity contribution in [2.75, 3.05) is 23.0 Å². The first kappa shape index (κ1) is 35.4. The Morgan fingerprint density at radius 3 is 1.21 bits per heavy atom. The fraction of sp³-hybridized carbons (Fsp3) is 0.118. The van der Waals surface area contributed by atoms with Crippen LogP contribution in [-0.4, -0.2) is 40.7 Å². The van der Waals surface area contributed by atoms with Crippen LogP contribution in [0.15, 0.2) is 113 Å². The monoisotopic (exact) mass is 872 g/mol. The molecule has 0 saturated carbocycles. The smallest absolute Gasteiger partial charge is 0.264 e. The zero-order chi connectivity index (χ0) is 36.6. The van der Waals surface area contributed by atoms with Crippen LogP contribution in [0.3, 0.4) is 0 Å². The van der Waals surface area contributed by atoms with Gasteiger partial charge in [0.15, 0.2) is 23.0 Å². The number of hydrogen-bond acceptors (Lipinski definition) is 12. The lowest BCUT2D eigenvalue weighted by molar-refractivity contribution is 0.173. The van der Waals surface area contributed by atoms with Crippen molar-refractivity contribution in [3.05, 3.63) is 105 Å². The predicted molar refractivity (Wildman–Crippen MR) is 195 cm³/mol. The minimum atomic E-state index is -3.79. The van der Waals surface area contributed by atoms with Gasteiger partial charge >= 0.3 is 0 Å². The zero-order valence-corrected chi connectivity index (χ0v) is 31.9. The largest absolute Gasteiger partial charge is 0.454 e. The molecule has 2 N–H and O–H groups in total. The van der Waals surface area contributed by atoms with E-state index in [9.17, 15) is 16.8 Å². The highest BCUT2D eigenvalue weighted by molar-refractivity contribution is 9.11. The van der Waals surface area contributed by atoms with E-state index in [1.54, 1.807) is 38.1 Å². The first-order chi connectivity index (χ1) is 24.9. The lowest BCUT2D eigenvalue weighted by Crippen LogP contribution is -2.12. The van der Waals surface area contributed by atoms with E-state index in [-0.39, 0.29) is 35.1 Å². The number of anilines is 2. The summed E-state index contributed by atoms with van der Waals surface area (Å²) in [6, 6.07) is 24.2. The van der Waals surface area contributed by atoms with Gasteiger partial charge in [0.05, 0.1) is 21.2 Å². The molecule has 0 spiro atoms. The van der Waals surface area contributed by atoms with Gasteiger partial charge in [-0.25, -0.2) is 26.3 Å². The van der Waals surface area contributed by atoms with Crippen molar-refractivity contribution in [2.24, 2.45) is 0 Å². The molecule has 0 saturated heterocycles. The lowest BCUT2D eigenvalue weighted by atomic mass is 10.1. The maximum atomic E-state index is 12.5. The van der Waals surface area contributed by atoms with Crippen molar-refractivity contribution < 1.29 is 44.8 Å². The van der Waals surface area contributed by atoms with Gasteiger partial charge in [-0.15, -0.1) is 0 Å². The van der Waals surface area contributed by atoms with E-state index in [0.29, 0.717) is 43.3 Å². The Balaban J connectivity index is 0.000000162. The van der Waals surface area contributed by atoms with Gasteiger partial charge in [0.25, 0.3) is 31.8 Å². The Hall–Kier alpha value is -5.04. The highest BCUT2D eigenvalue weighted by Crippen LogP contribution is 2.38. The van der Waals surface area contributed by atoms with E-state index in [1.807, 2.05) is 36.4 Å². The van der Waals surface area contributed by atoms with E-state index < -0.39 is 20.0 Å². The van der Waals surface area contributed by atoms with Crippen LogP contribution in [0.1, 0.15) is 11.4 Å². The molecule has 18 heteroatoms. The van der Waals surface area contributed by atoms with Gasteiger partial charge in [-0.3, -0.25) is 0 Å². The summed E-state index contributed by atoms with van der Waals surface area (Å²) >= 11 is 6.47. The maximum absolute atomic E-state index is 12.5. The second kappa shape index (κ2) is 14.2. The molecule has 0 unspecified atom stereocenters. The third-order valence-corrected chi connectivity index (χ3v) is 12.3. The molecule has 4 aromatic carbocycles. The normalized spacial score (nSPS) is 13.0. The van der Waals surface area contributed by atoms with Gasteiger partial charge in [0.1, 0.15) is 8.95 Å². The molecule has 0 radical (unpaired) electrons. The highest BCUT2D eigenvalue weighted by Gasteiger charge is 2.22. The summed E-state index contributed by atoms with van der Waals surface area (Å²) in [5.41, 5.74) is 4.64. The molecule has 2 aromatic heterocycles. The number of halogens is 2. The van der Waals surface area contributed by atoms with Crippen molar-refractivity contribution in [1.29, 1.82) is 0 Å². The number of nitrogens with one attached hydrogen (secondary N) is 2. The molecule has 6 aromatic rings. The number of aromatic nitrogens is 2. The Morgan fingerprint density at radius 2 is 0.865 bits per heavy atom. The number of hydrogen-bond donors (Lipinski definition) is 2. The minimum Gasteiger partial charge on any atom is -0.454 e. The van der Waals surface area contributed by atoms with Crippen LogP contribution in [0.25, 0.3) is 22.3 Å². The first-order valence-electron chi connectivity index (χ1n) is 15.2. The summed E-state index contributed by atoms with van der Waals surface area (Å²) in [7, 11) is -7.58. The zero-order valence-electron chi connectivity index (χ0n) is 27.0. The second-order valence-electron chi connectivity index (χ2n) is 11.2. The topological polar surface area (TPSA) is 181 Å². The van der Waals surface area contributed by atoms with Gasteiger partial charge in [0.2, 0.25) is 13.6 Å². The SMILES string of the molecule is Cc1noc(NS(=O)(=O)c2ccc(-c3ccc4c(c3)OCO4)cc2)c1Br.Cc1noc(NS(=O)(=O)c2ccc(-c3ccc4c(c3)OCO4)cc2)c1Br. The van der Waals surface area contributed by atoms with Gasteiger partial charge in [0, 0.05) is 0 Å². The number of sulfonamides is 2. The first-order valence-corrected chi connectivity index (χ1v) is 19.7. The van der Waals surface area contributed by atoms with Gasteiger partial charge < -0.3 is 28.0 Å². The lowest BCUT2D eigenvalue weighted by Gasteiger charge is -2.07. The van der Waals surface area contributed by atoms with Crippen molar-refractivity contribution >= 4 is 63.7 Å². The van der Waals surface area contributed by atoms with E-state index in [1.165, 1.54) is 24.3 Å². The molecular formula is C34H26Br2N4O10S2. The maximum Gasteiger partial charge on any atom is 0.264 e. The van der Waals surface area contributed by atoms with Crippen LogP contribution in [0, 0.1) is 13.8 Å². The molecule has 0 bridgehead atoms. The summed E-state index contributed by atoms with van der Waals surface area (Å²) in [6.45, 7) is 3.81. The number of aryl methyl sites for hydroxylation is 2. The van der Waals surface area contributed by atoms with Crippen LogP contribution in [0.2, 0.25) is 0 Å². The van der Waals surface area contributed by atoms with Crippen LogP contribution in [0.4, 0.5) is 11.8 Å². The van der Waals surface area contributed by atoms with E-state index >= 15 is 0 Å². The average molecular weight is 875 g/mol. The number of nitrogens with zero attached hydrogens (tertiary/aromatic N) is 2. The molecule has 268 valence electrons. The Labute approximate surface area is 314 Å². The summed E-state index contributed by atoms with van der Waals surface area (Å²) in [4.78, 5) is 0.228. The van der Waals surface area contributed by atoms with Gasteiger partial charge in [-0.05, 0) is 116 Å². The molecular weight excluding hydrogens is 848 g/mol. The molecule has 2 aliphatic rings. The molecule has 2 aliphatic heterocycles. The fourth-order valence-electron chi connectivity index (χ4n) is 5.01. The van der Waals surface area contributed by atoms with E-state index in [0.717, 1.165) is 22.3 Å². The number of benzene rings is 4. The second-order valence-corrected chi connectivity index (χ2v) is 16.2. The van der Waals surface area contributed by atoms with E-state index in [2.05, 4.69) is 51.6 Å². The number of fused-ring (bicyclic) bond motifs is 2. The van der Waals surface area contributed by atoms with Crippen molar-refractivity contribution in [2.45, 2.75) is 23.6 Å². The minimum absolute atomic E-state index is 0.0438. The van der Waals surface area contributed by atoms with Gasteiger partial charge in [-0.1, -0.05) is 46.7 Å². The standard InChI is InChI=1S/2C17H13BrN2O5S/c2*1-10-16(18)17(25-19-10)20-26(21,22)13-5-2-11(3-6-13)12-4-7-14-15(8-12)24-9-23-14/h2*2-8,20H,9H2,1H3. The molecule has 0 aliphatic carbocycles. The Kier molecular flexibility index (Phi) is 9.64. The molecule has 14 nitrogen and oxygen atoms in total. The van der Waals surface area contributed by atoms with Crippen LogP contribution < -0.4 is 28.4 Å². The molecule has 4 heterocycles. The Bertz CT molecular complexity index is 2330. The van der Waals surface area contributed by atoms with Crippen molar-refractivity contribution in [3.8, 4) is 45.3 Å². The molecule has 0 amide bonds. The molecule has 0 atom stereocenters. The van der Waals surface area contributed by atoms with Crippen molar-refractivity contribution in [3.63, 3.8) is 0 Å². The summed E-state index contributed by atoms with van der Waals surface area (Å²) < 4.78 is 87.0. The van der Waals surface area contributed by atoms with E-state index in [4.69, 9.17) is 28.0 Å². The van der Waals surface area contributed by atoms with Crippen LogP contribution in [0.5, 0.6) is 23.0 Å². The summed E-state index contributed by atoms with van der Waals surface area (Å²) in [5.74, 6) is 2.83. The van der Waals surface area contributed by atoms with Crippen LogP contribution >= 0.6 is 31.9 Å².